The van der Waals surface area contributed by atoms with Crippen molar-refractivity contribution in [1.82, 2.24) is 0 Å². The lowest BCUT2D eigenvalue weighted by Crippen LogP contribution is -2.30. The van der Waals surface area contributed by atoms with Crippen molar-refractivity contribution in [2.24, 2.45) is 11.8 Å². The molecule has 1 aromatic rings. The summed E-state index contributed by atoms with van der Waals surface area (Å²) in [5, 5.41) is 4.23. The Morgan fingerprint density at radius 1 is 1.05 bits per heavy atom. The zero-order valence-corrected chi connectivity index (χ0v) is 13.5. The van der Waals surface area contributed by atoms with Crippen molar-refractivity contribution < 1.29 is 9.47 Å². The number of anilines is 1. The normalized spacial score (nSPS) is 26.1. The third-order valence-corrected chi connectivity index (χ3v) is 4.74. The largest absolute Gasteiger partial charge is 0.493 e. The van der Waals surface area contributed by atoms with Gasteiger partial charge in [0, 0.05) is 18.2 Å². The van der Waals surface area contributed by atoms with Crippen molar-refractivity contribution in [1.29, 1.82) is 0 Å². The SMILES string of the molecule is COc1cc(Cl)c(NC2CCC(C)C(C)C2)cc1OC. The van der Waals surface area contributed by atoms with E-state index in [1.165, 1.54) is 19.3 Å². The van der Waals surface area contributed by atoms with Gasteiger partial charge in [0.2, 0.25) is 0 Å². The molecule has 3 unspecified atom stereocenters. The average molecular weight is 298 g/mol. The minimum absolute atomic E-state index is 0.483. The molecule has 3 nitrogen and oxygen atoms in total. The summed E-state index contributed by atoms with van der Waals surface area (Å²) in [4.78, 5) is 0. The van der Waals surface area contributed by atoms with Crippen LogP contribution in [0.5, 0.6) is 11.5 Å². The monoisotopic (exact) mass is 297 g/mol. The van der Waals surface area contributed by atoms with Gasteiger partial charge in [0.05, 0.1) is 24.9 Å². The number of rotatable bonds is 4. The Balaban J connectivity index is 2.13. The molecule has 0 heterocycles. The van der Waals surface area contributed by atoms with Crippen molar-refractivity contribution in [3.8, 4) is 11.5 Å². The smallest absolute Gasteiger partial charge is 0.162 e. The molecule has 0 aromatic heterocycles. The molecule has 20 heavy (non-hydrogen) atoms. The van der Waals surface area contributed by atoms with Gasteiger partial charge in [-0.3, -0.25) is 0 Å². The molecule has 0 saturated heterocycles. The van der Waals surface area contributed by atoms with Crippen molar-refractivity contribution in [2.75, 3.05) is 19.5 Å². The molecule has 0 spiro atoms. The maximum absolute atomic E-state index is 6.32. The average Bonchev–Trinajstić information content (AvgIpc) is 2.44. The van der Waals surface area contributed by atoms with Gasteiger partial charge in [0.15, 0.2) is 11.5 Å². The topological polar surface area (TPSA) is 30.5 Å². The molecule has 1 aromatic carbocycles. The van der Waals surface area contributed by atoms with Gasteiger partial charge in [-0.15, -0.1) is 0 Å². The summed E-state index contributed by atoms with van der Waals surface area (Å²) in [6.07, 6.45) is 3.64. The van der Waals surface area contributed by atoms with Gasteiger partial charge in [-0.2, -0.15) is 0 Å². The van der Waals surface area contributed by atoms with E-state index >= 15 is 0 Å². The van der Waals surface area contributed by atoms with Gasteiger partial charge < -0.3 is 14.8 Å². The summed E-state index contributed by atoms with van der Waals surface area (Å²) in [6.45, 7) is 4.67. The standard InChI is InChI=1S/C16H24ClNO2/c1-10-5-6-12(7-11(10)2)18-14-9-16(20-4)15(19-3)8-13(14)17/h8-12,18H,5-7H2,1-4H3. The van der Waals surface area contributed by atoms with Crippen LogP contribution < -0.4 is 14.8 Å². The van der Waals surface area contributed by atoms with E-state index in [0.29, 0.717) is 22.6 Å². The van der Waals surface area contributed by atoms with E-state index in [0.717, 1.165) is 17.5 Å². The summed E-state index contributed by atoms with van der Waals surface area (Å²) in [6, 6.07) is 4.21. The number of methoxy groups -OCH3 is 2. The summed E-state index contributed by atoms with van der Waals surface area (Å²) in [5.74, 6) is 2.93. The third-order valence-electron chi connectivity index (χ3n) is 4.43. The van der Waals surface area contributed by atoms with Crippen molar-refractivity contribution in [3.05, 3.63) is 17.2 Å². The Labute approximate surface area is 126 Å². The molecule has 0 aliphatic heterocycles. The van der Waals surface area contributed by atoms with Crippen LogP contribution in [0.4, 0.5) is 5.69 Å². The quantitative estimate of drug-likeness (QED) is 0.881. The summed E-state index contributed by atoms with van der Waals surface area (Å²) in [5.41, 5.74) is 0.927. The van der Waals surface area contributed by atoms with Gasteiger partial charge in [-0.25, -0.2) is 0 Å². The first-order valence-electron chi connectivity index (χ1n) is 7.23. The van der Waals surface area contributed by atoms with E-state index in [1.807, 2.05) is 6.07 Å². The fraction of sp³-hybridized carbons (Fsp3) is 0.625. The molecule has 1 aliphatic rings. The van der Waals surface area contributed by atoms with E-state index < -0.39 is 0 Å². The molecular formula is C16H24ClNO2. The lowest BCUT2D eigenvalue weighted by atomic mass is 9.79. The van der Waals surface area contributed by atoms with Crippen LogP contribution in [0.25, 0.3) is 0 Å². The zero-order chi connectivity index (χ0) is 14.7. The number of nitrogens with one attached hydrogen (secondary N) is 1. The molecule has 0 radical (unpaired) electrons. The van der Waals surface area contributed by atoms with Gasteiger partial charge in [-0.1, -0.05) is 25.4 Å². The molecular weight excluding hydrogens is 274 g/mol. The first-order chi connectivity index (χ1) is 9.55. The molecule has 1 saturated carbocycles. The van der Waals surface area contributed by atoms with Gasteiger partial charge >= 0.3 is 0 Å². The van der Waals surface area contributed by atoms with E-state index in [2.05, 4.69) is 19.2 Å². The van der Waals surface area contributed by atoms with Gasteiger partial charge in [0.1, 0.15) is 0 Å². The Morgan fingerprint density at radius 3 is 2.30 bits per heavy atom. The molecule has 112 valence electrons. The Hall–Kier alpha value is -1.09. The Kier molecular flexibility index (Phi) is 5.03. The van der Waals surface area contributed by atoms with Gasteiger partial charge in [0.25, 0.3) is 0 Å². The van der Waals surface area contributed by atoms with Crippen LogP contribution in [0.2, 0.25) is 5.02 Å². The van der Waals surface area contributed by atoms with Crippen molar-refractivity contribution >= 4 is 17.3 Å². The molecule has 0 bridgehead atoms. The highest BCUT2D eigenvalue weighted by atomic mass is 35.5. The van der Waals surface area contributed by atoms with E-state index in [9.17, 15) is 0 Å². The fourth-order valence-electron chi connectivity index (χ4n) is 2.86. The minimum atomic E-state index is 0.483. The van der Waals surface area contributed by atoms with Crippen LogP contribution in [0, 0.1) is 11.8 Å². The maximum atomic E-state index is 6.32. The molecule has 1 N–H and O–H groups in total. The lowest BCUT2D eigenvalue weighted by Gasteiger charge is -2.33. The highest BCUT2D eigenvalue weighted by molar-refractivity contribution is 6.33. The Morgan fingerprint density at radius 2 is 1.70 bits per heavy atom. The summed E-state index contributed by atoms with van der Waals surface area (Å²) >= 11 is 6.32. The third kappa shape index (κ3) is 3.32. The number of benzene rings is 1. The van der Waals surface area contributed by atoms with Crippen LogP contribution in [0.3, 0.4) is 0 Å². The highest BCUT2D eigenvalue weighted by Gasteiger charge is 2.25. The van der Waals surface area contributed by atoms with E-state index in [-0.39, 0.29) is 0 Å². The van der Waals surface area contributed by atoms with E-state index in [4.69, 9.17) is 21.1 Å². The summed E-state index contributed by atoms with van der Waals surface area (Å²) < 4.78 is 10.6. The predicted molar refractivity (Wildman–Crippen MR) is 84.1 cm³/mol. The van der Waals surface area contributed by atoms with Crippen molar-refractivity contribution in [2.45, 2.75) is 39.2 Å². The predicted octanol–water partition coefficient (Wildman–Crippen LogP) is 4.59. The number of ether oxygens (including phenoxy) is 2. The van der Waals surface area contributed by atoms with E-state index in [1.54, 1.807) is 20.3 Å². The van der Waals surface area contributed by atoms with Gasteiger partial charge in [-0.05, 0) is 31.1 Å². The van der Waals surface area contributed by atoms with Crippen LogP contribution in [-0.2, 0) is 0 Å². The Bertz CT molecular complexity index is 464. The number of hydrogen-bond acceptors (Lipinski definition) is 3. The van der Waals surface area contributed by atoms with Crippen LogP contribution in [-0.4, -0.2) is 20.3 Å². The van der Waals surface area contributed by atoms with Crippen LogP contribution >= 0.6 is 11.6 Å². The fourth-order valence-corrected chi connectivity index (χ4v) is 3.07. The first-order valence-corrected chi connectivity index (χ1v) is 7.61. The first kappa shape index (κ1) is 15.3. The molecule has 0 amide bonds. The molecule has 3 atom stereocenters. The van der Waals surface area contributed by atoms with Crippen molar-refractivity contribution in [3.63, 3.8) is 0 Å². The second kappa shape index (κ2) is 6.57. The molecule has 4 heteroatoms. The molecule has 1 aliphatic carbocycles. The lowest BCUT2D eigenvalue weighted by molar-refractivity contribution is 0.261. The summed E-state index contributed by atoms with van der Waals surface area (Å²) in [7, 11) is 3.26. The van der Waals surface area contributed by atoms with Crippen LogP contribution in [0.1, 0.15) is 33.1 Å². The zero-order valence-electron chi connectivity index (χ0n) is 12.7. The highest BCUT2D eigenvalue weighted by Crippen LogP contribution is 2.38. The second-order valence-corrected chi connectivity index (χ2v) is 6.20. The number of hydrogen-bond donors (Lipinski definition) is 1. The van der Waals surface area contributed by atoms with Crippen LogP contribution in [0.15, 0.2) is 12.1 Å². The molecule has 2 rings (SSSR count). The molecule has 1 fully saturated rings. The second-order valence-electron chi connectivity index (χ2n) is 5.80. The maximum Gasteiger partial charge on any atom is 0.162 e. The minimum Gasteiger partial charge on any atom is -0.493 e. The number of halogens is 1.